The van der Waals surface area contributed by atoms with Crippen molar-refractivity contribution in [3.63, 3.8) is 0 Å². The van der Waals surface area contributed by atoms with Gasteiger partial charge in [0.2, 0.25) is 0 Å². The van der Waals surface area contributed by atoms with Gasteiger partial charge in [-0.25, -0.2) is 9.78 Å². The van der Waals surface area contributed by atoms with Crippen molar-refractivity contribution in [3.8, 4) is 5.75 Å². The fourth-order valence-corrected chi connectivity index (χ4v) is 4.75. The van der Waals surface area contributed by atoms with Crippen molar-refractivity contribution in [1.82, 2.24) is 4.98 Å². The molecule has 0 aliphatic rings. The number of hydrogen-bond donors (Lipinski definition) is 0. The van der Waals surface area contributed by atoms with Crippen molar-refractivity contribution < 1.29 is 14.3 Å². The van der Waals surface area contributed by atoms with E-state index in [1.54, 1.807) is 0 Å². The highest BCUT2D eigenvalue weighted by Gasteiger charge is 2.24. The van der Waals surface area contributed by atoms with E-state index in [2.05, 4.69) is 32.0 Å². The van der Waals surface area contributed by atoms with E-state index in [4.69, 9.17) is 26.1 Å². The summed E-state index contributed by atoms with van der Waals surface area (Å²) in [4.78, 5) is 17.7. The van der Waals surface area contributed by atoms with Gasteiger partial charge in [-0.2, -0.15) is 0 Å². The van der Waals surface area contributed by atoms with E-state index in [0.29, 0.717) is 27.1 Å². The third-order valence-corrected chi connectivity index (χ3v) is 6.64. The lowest BCUT2D eigenvalue weighted by atomic mass is 10.1. The van der Waals surface area contributed by atoms with E-state index < -0.39 is 5.97 Å². The Morgan fingerprint density at radius 3 is 2.55 bits per heavy atom. The summed E-state index contributed by atoms with van der Waals surface area (Å²) in [5.41, 5.74) is 5.66. The lowest BCUT2D eigenvalue weighted by molar-refractivity contribution is 0.0590. The van der Waals surface area contributed by atoms with Crippen LogP contribution in [0, 0.1) is 13.8 Å². The van der Waals surface area contributed by atoms with Crippen LogP contribution in [0.25, 0.3) is 10.9 Å². The smallest absolute Gasteiger partial charge is 0.344 e. The third-order valence-electron chi connectivity index (χ3n) is 5.37. The predicted molar refractivity (Wildman–Crippen MR) is 134 cm³/mol. The second-order valence-electron chi connectivity index (χ2n) is 7.76. The monoisotopic (exact) mass is 477 g/mol. The van der Waals surface area contributed by atoms with Crippen LogP contribution in [0.1, 0.15) is 32.6 Å². The normalized spacial score (nSPS) is 10.9. The maximum atomic E-state index is 12.9. The number of benzene rings is 3. The maximum absolute atomic E-state index is 12.9. The van der Waals surface area contributed by atoms with Gasteiger partial charge in [0.1, 0.15) is 22.9 Å². The van der Waals surface area contributed by atoms with Crippen molar-refractivity contribution in [2.75, 3.05) is 7.11 Å². The number of ether oxygens (including phenoxy) is 2. The Balaban J connectivity index is 1.76. The minimum atomic E-state index is -0.470. The van der Waals surface area contributed by atoms with E-state index in [9.17, 15) is 4.79 Å². The largest absolute Gasteiger partial charge is 0.487 e. The van der Waals surface area contributed by atoms with Crippen LogP contribution in [0.4, 0.5) is 0 Å². The van der Waals surface area contributed by atoms with Gasteiger partial charge >= 0.3 is 5.97 Å². The Morgan fingerprint density at radius 2 is 1.79 bits per heavy atom. The van der Waals surface area contributed by atoms with Gasteiger partial charge in [0.15, 0.2) is 0 Å². The van der Waals surface area contributed by atoms with E-state index in [1.165, 1.54) is 35.6 Å². The SMILES string of the molecule is COC(=O)c1c(SCc2cc(C)ccc2C)nc2ccccc2c1OCc1ccc(Cl)cc1. The Kier molecular flexibility index (Phi) is 7.21. The molecule has 0 aliphatic carbocycles. The number of nitrogens with zero attached hydrogens (tertiary/aromatic N) is 1. The molecule has 33 heavy (non-hydrogen) atoms. The summed E-state index contributed by atoms with van der Waals surface area (Å²) in [5, 5.41) is 2.02. The molecule has 0 saturated heterocycles. The van der Waals surface area contributed by atoms with Gasteiger partial charge in [0.05, 0.1) is 12.6 Å². The zero-order valence-corrected chi connectivity index (χ0v) is 20.3. The summed E-state index contributed by atoms with van der Waals surface area (Å²) in [5.74, 6) is 0.688. The van der Waals surface area contributed by atoms with Crippen molar-refractivity contribution in [1.29, 1.82) is 0 Å². The zero-order valence-electron chi connectivity index (χ0n) is 18.7. The molecule has 0 unspecified atom stereocenters. The lowest BCUT2D eigenvalue weighted by Crippen LogP contribution is -2.10. The predicted octanol–water partition coefficient (Wildman–Crippen LogP) is 7.16. The Bertz CT molecular complexity index is 1310. The molecule has 4 nitrogen and oxygen atoms in total. The number of pyridine rings is 1. The summed E-state index contributed by atoms with van der Waals surface area (Å²) in [6.45, 7) is 4.45. The van der Waals surface area contributed by atoms with Gasteiger partial charge < -0.3 is 9.47 Å². The topological polar surface area (TPSA) is 48.4 Å². The standard InChI is InChI=1S/C27H24ClNO3S/c1-17-8-9-18(2)20(14-17)16-33-26-24(27(30)31-3)25(22-6-4-5-7-23(22)29-26)32-15-19-10-12-21(28)13-11-19/h4-14H,15-16H2,1-3H3. The molecule has 3 aromatic carbocycles. The molecule has 0 bridgehead atoms. The van der Waals surface area contributed by atoms with Crippen LogP contribution in [-0.4, -0.2) is 18.1 Å². The third kappa shape index (κ3) is 5.32. The first-order chi connectivity index (χ1) is 16.0. The van der Waals surface area contributed by atoms with Gasteiger partial charge in [-0.05, 0) is 54.8 Å². The van der Waals surface area contributed by atoms with Crippen LogP contribution in [0.3, 0.4) is 0 Å². The molecule has 4 aromatic rings. The minimum Gasteiger partial charge on any atom is -0.487 e. The molecule has 1 aromatic heterocycles. The average Bonchev–Trinajstić information content (AvgIpc) is 2.83. The van der Waals surface area contributed by atoms with Gasteiger partial charge in [-0.1, -0.05) is 59.6 Å². The first kappa shape index (κ1) is 23.1. The number of hydrogen-bond acceptors (Lipinski definition) is 5. The summed E-state index contributed by atoms with van der Waals surface area (Å²) < 4.78 is 11.4. The molecule has 168 valence electrons. The number of aromatic nitrogens is 1. The van der Waals surface area contributed by atoms with Crippen molar-refractivity contribution >= 4 is 40.2 Å². The van der Waals surface area contributed by atoms with E-state index in [-0.39, 0.29) is 6.61 Å². The summed E-state index contributed by atoms with van der Waals surface area (Å²) in [7, 11) is 1.37. The number of rotatable bonds is 7. The van der Waals surface area contributed by atoms with E-state index in [1.807, 2.05) is 48.5 Å². The average molecular weight is 478 g/mol. The summed E-state index contributed by atoms with van der Waals surface area (Å²) in [6.07, 6.45) is 0. The highest BCUT2D eigenvalue weighted by molar-refractivity contribution is 7.98. The quantitative estimate of drug-likeness (QED) is 0.209. The van der Waals surface area contributed by atoms with Crippen LogP contribution in [0.15, 0.2) is 71.8 Å². The maximum Gasteiger partial charge on any atom is 0.344 e. The Labute approximate surface area is 202 Å². The van der Waals surface area contributed by atoms with Gasteiger partial charge in [-0.3, -0.25) is 0 Å². The molecule has 0 atom stereocenters. The molecule has 0 fully saturated rings. The number of halogens is 1. The van der Waals surface area contributed by atoms with E-state index >= 15 is 0 Å². The Morgan fingerprint density at radius 1 is 1.03 bits per heavy atom. The highest BCUT2D eigenvalue weighted by Crippen LogP contribution is 2.38. The first-order valence-electron chi connectivity index (χ1n) is 10.5. The summed E-state index contributed by atoms with van der Waals surface area (Å²) in [6, 6.07) is 21.5. The van der Waals surface area contributed by atoms with Gasteiger partial charge in [0.25, 0.3) is 0 Å². The van der Waals surface area contributed by atoms with Crippen LogP contribution in [0.2, 0.25) is 5.02 Å². The molecule has 6 heteroatoms. The number of carbonyl (C=O) groups excluding carboxylic acids is 1. The van der Waals surface area contributed by atoms with Crippen molar-refractivity contribution in [2.45, 2.75) is 31.2 Å². The van der Waals surface area contributed by atoms with Gasteiger partial charge in [-0.15, -0.1) is 11.8 Å². The number of fused-ring (bicyclic) bond motifs is 1. The lowest BCUT2D eigenvalue weighted by Gasteiger charge is -2.17. The highest BCUT2D eigenvalue weighted by atomic mass is 35.5. The molecule has 0 radical (unpaired) electrons. The number of thioether (sulfide) groups is 1. The molecule has 0 aliphatic heterocycles. The van der Waals surface area contributed by atoms with Crippen LogP contribution >= 0.6 is 23.4 Å². The fourth-order valence-electron chi connectivity index (χ4n) is 3.53. The number of para-hydroxylation sites is 1. The number of methoxy groups -OCH3 is 1. The number of esters is 1. The van der Waals surface area contributed by atoms with E-state index in [0.717, 1.165) is 16.5 Å². The minimum absolute atomic E-state index is 0.288. The zero-order chi connectivity index (χ0) is 23.4. The fraction of sp³-hybridized carbons (Fsp3) is 0.185. The molecular formula is C27H24ClNO3S. The number of carbonyl (C=O) groups is 1. The molecule has 4 rings (SSSR count). The first-order valence-corrected chi connectivity index (χ1v) is 11.9. The summed E-state index contributed by atoms with van der Waals surface area (Å²) >= 11 is 7.52. The second kappa shape index (κ2) is 10.3. The van der Waals surface area contributed by atoms with Crippen LogP contribution < -0.4 is 4.74 Å². The van der Waals surface area contributed by atoms with Crippen molar-refractivity contribution in [3.05, 3.63) is 99.6 Å². The van der Waals surface area contributed by atoms with Crippen LogP contribution in [0.5, 0.6) is 5.75 Å². The van der Waals surface area contributed by atoms with Gasteiger partial charge in [0, 0.05) is 16.2 Å². The Hall–Kier alpha value is -3.02. The molecule has 0 amide bonds. The molecule has 0 N–H and O–H groups in total. The molecular weight excluding hydrogens is 454 g/mol. The number of aryl methyl sites for hydroxylation is 2. The molecule has 1 heterocycles. The van der Waals surface area contributed by atoms with Crippen LogP contribution in [-0.2, 0) is 17.1 Å². The van der Waals surface area contributed by atoms with Crippen molar-refractivity contribution in [2.24, 2.45) is 0 Å². The second-order valence-corrected chi connectivity index (χ2v) is 9.16. The molecule has 0 saturated carbocycles. The molecule has 0 spiro atoms.